The lowest BCUT2D eigenvalue weighted by molar-refractivity contribution is 0.600. The quantitative estimate of drug-likeness (QED) is 0.903. The molecule has 0 amide bonds. The van der Waals surface area contributed by atoms with E-state index in [1.807, 2.05) is 6.92 Å². The average molecular weight is 256 g/mol. The van der Waals surface area contributed by atoms with Crippen LogP contribution in [0.25, 0.3) is 0 Å². The summed E-state index contributed by atoms with van der Waals surface area (Å²) in [5.74, 6) is 0.746. The molecule has 94 valence electrons. The van der Waals surface area contributed by atoms with E-state index in [9.17, 15) is 4.79 Å². The third-order valence-corrected chi connectivity index (χ3v) is 3.70. The van der Waals surface area contributed by atoms with Crippen LogP contribution in [0.1, 0.15) is 33.1 Å². The molecule has 1 saturated carbocycles. The Hall–Kier alpha value is -1.03. The van der Waals surface area contributed by atoms with Gasteiger partial charge in [-0.3, -0.25) is 4.79 Å². The minimum Gasteiger partial charge on any atom is -0.380 e. The van der Waals surface area contributed by atoms with Gasteiger partial charge < -0.3 is 5.32 Å². The Morgan fingerprint density at radius 1 is 1.59 bits per heavy atom. The molecule has 0 saturated heterocycles. The minimum atomic E-state index is -0.217. The highest BCUT2D eigenvalue weighted by atomic mass is 35.5. The second-order valence-corrected chi connectivity index (χ2v) is 5.13. The van der Waals surface area contributed by atoms with Crippen LogP contribution < -0.4 is 10.9 Å². The van der Waals surface area contributed by atoms with Crippen LogP contribution in [0.3, 0.4) is 0 Å². The number of hydrogen-bond acceptors (Lipinski definition) is 3. The molecule has 0 spiro atoms. The molecule has 1 heterocycles. The predicted octanol–water partition coefficient (Wildman–Crippen LogP) is 2.52. The van der Waals surface area contributed by atoms with Gasteiger partial charge in [0.25, 0.3) is 5.56 Å². The Bertz CT molecular complexity index is 458. The van der Waals surface area contributed by atoms with Crippen molar-refractivity contribution in [3.05, 3.63) is 21.6 Å². The minimum absolute atomic E-state index is 0.217. The van der Waals surface area contributed by atoms with Crippen molar-refractivity contribution < 1.29 is 0 Å². The third-order valence-electron chi connectivity index (χ3n) is 3.34. The summed E-state index contributed by atoms with van der Waals surface area (Å²) in [7, 11) is 0. The molecule has 4 nitrogen and oxygen atoms in total. The van der Waals surface area contributed by atoms with Crippen LogP contribution in [0.2, 0.25) is 5.02 Å². The van der Waals surface area contributed by atoms with Crippen molar-refractivity contribution in [1.29, 1.82) is 0 Å². The second-order valence-electron chi connectivity index (χ2n) is 4.75. The molecule has 0 radical (unpaired) electrons. The standard InChI is InChI=1S/C12H18ClN3O/c1-3-16-12(17)11(13)10(7-14-16)15-9-5-4-8(2)6-9/h7-9,15H,3-6H2,1-2H3. The molecular weight excluding hydrogens is 238 g/mol. The third kappa shape index (κ3) is 2.63. The lowest BCUT2D eigenvalue weighted by Gasteiger charge is -2.15. The number of nitrogens with zero attached hydrogens (tertiary/aromatic N) is 2. The fourth-order valence-electron chi connectivity index (χ4n) is 2.35. The molecular formula is C12H18ClN3O. The van der Waals surface area contributed by atoms with Crippen LogP contribution >= 0.6 is 11.6 Å². The van der Waals surface area contributed by atoms with E-state index in [1.54, 1.807) is 6.20 Å². The first-order chi connectivity index (χ1) is 8.11. The summed E-state index contributed by atoms with van der Waals surface area (Å²) >= 11 is 6.06. The fraction of sp³-hybridized carbons (Fsp3) is 0.667. The molecule has 1 aromatic rings. The number of hydrogen-bond donors (Lipinski definition) is 1. The lowest BCUT2D eigenvalue weighted by atomic mass is 10.1. The van der Waals surface area contributed by atoms with Gasteiger partial charge in [0, 0.05) is 12.6 Å². The molecule has 2 unspecified atom stereocenters. The predicted molar refractivity (Wildman–Crippen MR) is 69.6 cm³/mol. The van der Waals surface area contributed by atoms with Crippen LogP contribution in [0.15, 0.2) is 11.0 Å². The van der Waals surface area contributed by atoms with E-state index in [4.69, 9.17) is 11.6 Å². The number of aryl methyl sites for hydroxylation is 1. The van der Waals surface area contributed by atoms with Crippen molar-refractivity contribution in [2.24, 2.45) is 5.92 Å². The van der Waals surface area contributed by atoms with Crippen molar-refractivity contribution in [2.45, 2.75) is 45.7 Å². The fourth-order valence-corrected chi connectivity index (χ4v) is 2.55. The molecule has 2 atom stereocenters. The summed E-state index contributed by atoms with van der Waals surface area (Å²) < 4.78 is 1.37. The number of anilines is 1. The number of rotatable bonds is 3. The van der Waals surface area contributed by atoms with Gasteiger partial charge in [-0.05, 0) is 32.1 Å². The Balaban J connectivity index is 2.17. The van der Waals surface area contributed by atoms with Gasteiger partial charge in [0.05, 0.1) is 11.9 Å². The summed E-state index contributed by atoms with van der Waals surface area (Å²) in [6.45, 7) is 4.66. The highest BCUT2D eigenvalue weighted by Crippen LogP contribution is 2.28. The maximum absolute atomic E-state index is 11.8. The molecule has 1 N–H and O–H groups in total. The molecule has 5 heteroatoms. The topological polar surface area (TPSA) is 46.9 Å². The first-order valence-electron chi connectivity index (χ1n) is 6.14. The highest BCUT2D eigenvalue weighted by molar-refractivity contribution is 6.32. The van der Waals surface area contributed by atoms with E-state index in [-0.39, 0.29) is 10.6 Å². The number of halogens is 1. The van der Waals surface area contributed by atoms with Crippen LogP contribution in [0.5, 0.6) is 0 Å². The summed E-state index contributed by atoms with van der Waals surface area (Å²) in [6, 6.07) is 0.418. The zero-order chi connectivity index (χ0) is 12.4. The van der Waals surface area contributed by atoms with Crippen molar-refractivity contribution in [2.75, 3.05) is 5.32 Å². The average Bonchev–Trinajstić information content (AvgIpc) is 2.71. The largest absolute Gasteiger partial charge is 0.380 e. The Kier molecular flexibility index (Phi) is 3.72. The smallest absolute Gasteiger partial charge is 0.287 e. The molecule has 1 aromatic heterocycles. The normalized spacial score (nSPS) is 23.9. The highest BCUT2D eigenvalue weighted by Gasteiger charge is 2.22. The van der Waals surface area contributed by atoms with E-state index >= 15 is 0 Å². The van der Waals surface area contributed by atoms with E-state index in [0.29, 0.717) is 18.3 Å². The summed E-state index contributed by atoms with van der Waals surface area (Å²) in [5.41, 5.74) is 0.450. The zero-order valence-corrected chi connectivity index (χ0v) is 11.0. The van der Waals surface area contributed by atoms with E-state index in [1.165, 1.54) is 11.1 Å². The van der Waals surface area contributed by atoms with Crippen molar-refractivity contribution in [1.82, 2.24) is 9.78 Å². The maximum atomic E-state index is 11.8. The van der Waals surface area contributed by atoms with Crippen molar-refractivity contribution in [3.8, 4) is 0 Å². The van der Waals surface area contributed by atoms with Crippen LogP contribution in [0, 0.1) is 5.92 Å². The molecule has 1 aliphatic carbocycles. The molecule has 0 aliphatic heterocycles. The van der Waals surface area contributed by atoms with Crippen molar-refractivity contribution in [3.63, 3.8) is 0 Å². The Morgan fingerprint density at radius 2 is 2.35 bits per heavy atom. The van der Waals surface area contributed by atoms with Crippen molar-refractivity contribution >= 4 is 17.3 Å². The molecule has 2 rings (SSSR count). The van der Waals surface area contributed by atoms with Gasteiger partial charge >= 0.3 is 0 Å². The lowest BCUT2D eigenvalue weighted by Crippen LogP contribution is -2.25. The molecule has 1 fully saturated rings. The number of aromatic nitrogens is 2. The van der Waals surface area contributed by atoms with Crippen LogP contribution in [0.4, 0.5) is 5.69 Å². The van der Waals surface area contributed by atoms with Gasteiger partial charge in [-0.15, -0.1) is 0 Å². The summed E-state index contributed by atoms with van der Waals surface area (Å²) in [5, 5.41) is 7.65. The Morgan fingerprint density at radius 3 is 2.94 bits per heavy atom. The maximum Gasteiger partial charge on any atom is 0.287 e. The van der Waals surface area contributed by atoms with Gasteiger partial charge in [0.15, 0.2) is 0 Å². The molecule has 1 aliphatic rings. The second kappa shape index (κ2) is 5.08. The molecule has 0 bridgehead atoms. The Labute approximate surface area is 106 Å². The monoisotopic (exact) mass is 255 g/mol. The first-order valence-corrected chi connectivity index (χ1v) is 6.51. The van der Waals surface area contributed by atoms with Gasteiger partial charge in [-0.25, -0.2) is 4.68 Å². The van der Waals surface area contributed by atoms with Crippen LogP contribution in [-0.2, 0) is 6.54 Å². The van der Waals surface area contributed by atoms with Gasteiger partial charge in [0.1, 0.15) is 5.02 Å². The van der Waals surface area contributed by atoms with E-state index < -0.39 is 0 Å². The SMILES string of the molecule is CCn1ncc(NC2CCC(C)C2)c(Cl)c1=O. The van der Waals surface area contributed by atoms with Gasteiger partial charge in [-0.2, -0.15) is 5.10 Å². The van der Waals surface area contributed by atoms with Crippen LogP contribution in [-0.4, -0.2) is 15.8 Å². The van der Waals surface area contributed by atoms with Gasteiger partial charge in [-0.1, -0.05) is 18.5 Å². The molecule has 17 heavy (non-hydrogen) atoms. The van der Waals surface area contributed by atoms with E-state index in [0.717, 1.165) is 18.8 Å². The zero-order valence-electron chi connectivity index (χ0n) is 10.2. The van der Waals surface area contributed by atoms with E-state index in [2.05, 4.69) is 17.3 Å². The molecule has 0 aromatic carbocycles. The summed E-state index contributed by atoms with van der Waals surface area (Å²) in [4.78, 5) is 11.8. The first kappa shape index (κ1) is 12.4. The number of nitrogens with one attached hydrogen (secondary N) is 1. The summed E-state index contributed by atoms with van der Waals surface area (Å²) in [6.07, 6.45) is 5.15. The van der Waals surface area contributed by atoms with Gasteiger partial charge in [0.2, 0.25) is 0 Å².